The Morgan fingerprint density at radius 2 is 1.78 bits per heavy atom. The fraction of sp³-hybridized carbons (Fsp3) is 0.250. The number of aromatic hydroxyl groups is 1. The van der Waals surface area contributed by atoms with Gasteiger partial charge < -0.3 is 10.1 Å². The van der Waals surface area contributed by atoms with E-state index in [9.17, 15) is 9.90 Å². The van der Waals surface area contributed by atoms with Gasteiger partial charge in [0, 0.05) is 10.0 Å². The van der Waals surface area contributed by atoms with Gasteiger partial charge in [0.2, 0.25) is 5.88 Å². The minimum Gasteiger partial charge on any atom is -0.493 e. The van der Waals surface area contributed by atoms with Crippen molar-refractivity contribution < 1.29 is 5.11 Å². The molecule has 18 heavy (non-hydrogen) atoms. The van der Waals surface area contributed by atoms with Gasteiger partial charge in [-0.05, 0) is 24.1 Å². The number of nitrogens with one attached hydrogen (secondary N) is 1. The molecule has 1 aromatic heterocycles. The number of halogens is 2. The fourth-order valence-electron chi connectivity index (χ4n) is 1.75. The number of hydrogen-bond donors (Lipinski definition) is 2. The molecule has 0 fully saturated rings. The standard InChI is InChI=1S/C12H12Cl2N2O2/c1-6(2)10-11(17)16(12(18)15-10)9-4-7(13)3-8(14)5-9/h3-6,17H,1-2H3,(H,15,18). The Hall–Kier alpha value is -1.39. The molecule has 2 rings (SSSR count). The quantitative estimate of drug-likeness (QED) is 0.890. The highest BCUT2D eigenvalue weighted by Gasteiger charge is 2.17. The van der Waals surface area contributed by atoms with Gasteiger partial charge in [0.25, 0.3) is 0 Å². The predicted octanol–water partition coefficient (Wildman–Crippen LogP) is 3.30. The van der Waals surface area contributed by atoms with Gasteiger partial charge in [0.05, 0.1) is 11.4 Å². The first kappa shape index (κ1) is 13.1. The van der Waals surface area contributed by atoms with Gasteiger partial charge >= 0.3 is 5.69 Å². The zero-order valence-electron chi connectivity index (χ0n) is 9.87. The van der Waals surface area contributed by atoms with Gasteiger partial charge in [0.1, 0.15) is 0 Å². The van der Waals surface area contributed by atoms with E-state index in [2.05, 4.69) is 4.98 Å². The van der Waals surface area contributed by atoms with E-state index < -0.39 is 5.69 Å². The fourth-order valence-corrected chi connectivity index (χ4v) is 2.27. The highest BCUT2D eigenvalue weighted by molar-refractivity contribution is 6.34. The van der Waals surface area contributed by atoms with E-state index in [1.807, 2.05) is 13.8 Å². The molecule has 0 aliphatic carbocycles. The average molecular weight is 287 g/mol. The van der Waals surface area contributed by atoms with Crippen molar-refractivity contribution in [3.05, 3.63) is 44.4 Å². The van der Waals surface area contributed by atoms with Crippen LogP contribution in [0.4, 0.5) is 0 Å². The minimum atomic E-state index is -0.422. The molecule has 6 heteroatoms. The lowest BCUT2D eigenvalue weighted by molar-refractivity contribution is 0.431. The number of hydrogen-bond acceptors (Lipinski definition) is 2. The summed E-state index contributed by atoms with van der Waals surface area (Å²) in [6.07, 6.45) is 0. The SMILES string of the molecule is CC(C)c1[nH]c(=O)n(-c2cc(Cl)cc(Cl)c2)c1O. The third-order valence-corrected chi connectivity index (χ3v) is 3.02. The second-order valence-corrected chi connectivity index (χ2v) is 5.16. The van der Waals surface area contributed by atoms with Crippen molar-refractivity contribution in [2.24, 2.45) is 0 Å². The molecule has 0 amide bonds. The van der Waals surface area contributed by atoms with Crippen LogP contribution in [0.2, 0.25) is 10.0 Å². The largest absolute Gasteiger partial charge is 0.493 e. The molecule has 2 aromatic rings. The Bertz CT molecular complexity index is 624. The van der Waals surface area contributed by atoms with Gasteiger partial charge in [-0.1, -0.05) is 37.0 Å². The lowest BCUT2D eigenvalue weighted by Crippen LogP contribution is -2.14. The van der Waals surface area contributed by atoms with Gasteiger partial charge in [-0.2, -0.15) is 0 Å². The number of nitrogens with zero attached hydrogens (tertiary/aromatic N) is 1. The minimum absolute atomic E-state index is 0.00797. The molecule has 1 heterocycles. The van der Waals surface area contributed by atoms with Crippen LogP contribution in [0.25, 0.3) is 5.69 Å². The van der Waals surface area contributed by atoms with E-state index in [1.54, 1.807) is 18.2 Å². The van der Waals surface area contributed by atoms with Crippen molar-refractivity contribution in [2.45, 2.75) is 19.8 Å². The van der Waals surface area contributed by atoms with Crippen LogP contribution in [0.15, 0.2) is 23.0 Å². The summed E-state index contributed by atoms with van der Waals surface area (Å²) in [5.41, 5.74) is 0.490. The Morgan fingerprint density at radius 1 is 1.22 bits per heavy atom. The van der Waals surface area contributed by atoms with E-state index in [0.29, 0.717) is 21.4 Å². The molecule has 0 aliphatic rings. The smallest absolute Gasteiger partial charge is 0.333 e. The van der Waals surface area contributed by atoms with Crippen LogP contribution in [-0.2, 0) is 0 Å². The molecule has 0 bridgehead atoms. The maximum absolute atomic E-state index is 11.8. The summed E-state index contributed by atoms with van der Waals surface area (Å²) in [6.45, 7) is 3.75. The molecule has 96 valence electrons. The van der Waals surface area contributed by atoms with Crippen LogP contribution in [-0.4, -0.2) is 14.7 Å². The number of imidazole rings is 1. The van der Waals surface area contributed by atoms with E-state index in [4.69, 9.17) is 23.2 Å². The maximum Gasteiger partial charge on any atom is 0.333 e. The third kappa shape index (κ3) is 2.26. The molecule has 2 N–H and O–H groups in total. The van der Waals surface area contributed by atoms with Gasteiger partial charge in [0.15, 0.2) is 0 Å². The molecule has 0 aliphatic heterocycles. The molecule has 0 spiro atoms. The van der Waals surface area contributed by atoms with Gasteiger partial charge in [-0.15, -0.1) is 0 Å². The molecule has 0 radical (unpaired) electrons. The number of aromatic amines is 1. The second kappa shape index (κ2) is 4.71. The second-order valence-electron chi connectivity index (χ2n) is 4.29. The lowest BCUT2D eigenvalue weighted by atomic mass is 10.1. The Kier molecular flexibility index (Phi) is 3.41. The summed E-state index contributed by atoms with van der Waals surface area (Å²) in [5.74, 6) is -0.109. The van der Waals surface area contributed by atoms with E-state index in [0.717, 1.165) is 4.57 Å². The van der Waals surface area contributed by atoms with Crippen molar-refractivity contribution in [3.8, 4) is 11.6 Å². The third-order valence-electron chi connectivity index (χ3n) is 2.58. The number of rotatable bonds is 2. The van der Waals surface area contributed by atoms with Crippen LogP contribution in [0.3, 0.4) is 0 Å². The predicted molar refractivity (Wildman–Crippen MR) is 72.2 cm³/mol. The van der Waals surface area contributed by atoms with Crippen LogP contribution in [0, 0.1) is 0 Å². The average Bonchev–Trinajstić information content (AvgIpc) is 2.52. The van der Waals surface area contributed by atoms with Crippen molar-refractivity contribution in [2.75, 3.05) is 0 Å². The van der Waals surface area contributed by atoms with E-state index in [-0.39, 0.29) is 11.8 Å². The van der Waals surface area contributed by atoms with Crippen LogP contribution < -0.4 is 5.69 Å². The maximum atomic E-state index is 11.8. The Morgan fingerprint density at radius 3 is 2.22 bits per heavy atom. The highest BCUT2D eigenvalue weighted by atomic mass is 35.5. The summed E-state index contributed by atoms with van der Waals surface area (Å²) in [5, 5.41) is 10.9. The van der Waals surface area contributed by atoms with Gasteiger partial charge in [-0.3, -0.25) is 0 Å². The molecular weight excluding hydrogens is 275 g/mol. The molecule has 0 unspecified atom stereocenters. The van der Waals surface area contributed by atoms with Crippen molar-refractivity contribution in [1.29, 1.82) is 0 Å². The first-order chi connectivity index (χ1) is 8.40. The zero-order valence-corrected chi connectivity index (χ0v) is 11.4. The Labute approximate surface area is 114 Å². The summed E-state index contributed by atoms with van der Waals surface area (Å²) in [6, 6.07) is 4.68. The summed E-state index contributed by atoms with van der Waals surface area (Å²) < 4.78 is 1.15. The first-order valence-corrected chi connectivity index (χ1v) is 6.16. The van der Waals surface area contributed by atoms with Crippen LogP contribution in [0.5, 0.6) is 5.88 Å². The summed E-state index contributed by atoms with van der Waals surface area (Å²) in [7, 11) is 0. The van der Waals surface area contributed by atoms with Crippen molar-refractivity contribution in [3.63, 3.8) is 0 Å². The van der Waals surface area contributed by atoms with Gasteiger partial charge in [-0.25, -0.2) is 9.36 Å². The summed E-state index contributed by atoms with van der Waals surface area (Å²) >= 11 is 11.8. The molecule has 0 atom stereocenters. The monoisotopic (exact) mass is 286 g/mol. The van der Waals surface area contributed by atoms with Crippen LogP contribution >= 0.6 is 23.2 Å². The first-order valence-electron chi connectivity index (χ1n) is 5.40. The summed E-state index contributed by atoms with van der Waals surface area (Å²) in [4.78, 5) is 14.5. The van der Waals surface area contributed by atoms with E-state index >= 15 is 0 Å². The number of aromatic nitrogens is 2. The van der Waals surface area contributed by atoms with E-state index in [1.165, 1.54) is 0 Å². The molecule has 1 aromatic carbocycles. The Balaban J connectivity index is 2.68. The highest BCUT2D eigenvalue weighted by Crippen LogP contribution is 2.27. The zero-order chi connectivity index (χ0) is 13.4. The van der Waals surface area contributed by atoms with Crippen molar-refractivity contribution in [1.82, 2.24) is 9.55 Å². The topological polar surface area (TPSA) is 58.0 Å². The number of H-pyrrole nitrogens is 1. The lowest BCUT2D eigenvalue weighted by Gasteiger charge is -2.06. The molecular formula is C12H12Cl2N2O2. The normalized spacial score (nSPS) is 11.2. The molecule has 4 nitrogen and oxygen atoms in total. The molecule has 0 saturated heterocycles. The number of benzene rings is 1. The molecule has 0 saturated carbocycles. The van der Waals surface area contributed by atoms with Crippen molar-refractivity contribution >= 4 is 23.2 Å². The van der Waals surface area contributed by atoms with Crippen LogP contribution in [0.1, 0.15) is 25.5 Å².